The molecule has 0 amide bonds. The second-order valence-electron chi connectivity index (χ2n) is 3.80. The molecule has 0 aromatic carbocycles. The molecule has 0 aromatic rings. The molecule has 0 heterocycles. The molecule has 2 nitrogen and oxygen atoms in total. The molecule has 3 heteroatoms. The number of hydrogen-bond acceptors (Lipinski definition) is 2. The maximum atomic E-state index is 11.5. The third kappa shape index (κ3) is 6.22. The molecule has 0 aliphatic heterocycles. The van der Waals surface area contributed by atoms with E-state index in [1.807, 2.05) is 7.05 Å². The zero-order chi connectivity index (χ0) is 10.3. The summed E-state index contributed by atoms with van der Waals surface area (Å²) < 4.78 is 11.5. The second-order valence-corrected chi connectivity index (χ2v) is 5.42. The largest absolute Gasteiger partial charge is 0.316 e. The third-order valence-electron chi connectivity index (χ3n) is 2.27. The molecular formula is C10H23NOS. The van der Waals surface area contributed by atoms with Crippen molar-refractivity contribution in [3.8, 4) is 0 Å². The van der Waals surface area contributed by atoms with Crippen LogP contribution >= 0.6 is 0 Å². The molecule has 2 unspecified atom stereocenters. The molecule has 80 valence electrons. The molecule has 0 aromatic heterocycles. The van der Waals surface area contributed by atoms with Gasteiger partial charge in [-0.15, -0.1) is 0 Å². The van der Waals surface area contributed by atoms with Crippen molar-refractivity contribution >= 4 is 10.8 Å². The van der Waals surface area contributed by atoms with Crippen LogP contribution in [0.15, 0.2) is 0 Å². The molecule has 2 atom stereocenters. The van der Waals surface area contributed by atoms with E-state index in [-0.39, 0.29) is 0 Å². The maximum Gasteiger partial charge on any atom is 0.0391 e. The van der Waals surface area contributed by atoms with Crippen molar-refractivity contribution in [3.05, 3.63) is 0 Å². The lowest BCUT2D eigenvalue weighted by atomic mass is 10.1. The summed E-state index contributed by atoms with van der Waals surface area (Å²) in [5.41, 5.74) is 0. The number of hydrogen-bond donors (Lipinski definition) is 1. The summed E-state index contributed by atoms with van der Waals surface area (Å²) in [7, 11) is 1.31. The summed E-state index contributed by atoms with van der Waals surface area (Å²) in [5.74, 6) is 2.23. The van der Waals surface area contributed by atoms with Crippen LogP contribution in [0, 0.1) is 5.92 Å². The van der Waals surface area contributed by atoms with Gasteiger partial charge in [0.25, 0.3) is 0 Å². The van der Waals surface area contributed by atoms with E-state index in [1.54, 1.807) is 0 Å². The highest BCUT2D eigenvalue weighted by Gasteiger charge is 2.13. The van der Waals surface area contributed by atoms with Gasteiger partial charge in [-0.05, 0) is 19.4 Å². The molecule has 1 N–H and O–H groups in total. The predicted octanol–water partition coefficient (Wildman–Crippen LogP) is 1.78. The fourth-order valence-electron chi connectivity index (χ4n) is 1.20. The Morgan fingerprint density at radius 1 is 1.38 bits per heavy atom. The minimum absolute atomic E-state index is 0.401. The van der Waals surface area contributed by atoms with Crippen molar-refractivity contribution < 1.29 is 4.21 Å². The van der Waals surface area contributed by atoms with Gasteiger partial charge >= 0.3 is 0 Å². The van der Waals surface area contributed by atoms with E-state index in [2.05, 4.69) is 26.1 Å². The minimum Gasteiger partial charge on any atom is -0.316 e. The van der Waals surface area contributed by atoms with Crippen LogP contribution < -0.4 is 5.32 Å². The first-order chi connectivity index (χ1) is 6.11. The van der Waals surface area contributed by atoms with Gasteiger partial charge in [-0.25, -0.2) is 0 Å². The van der Waals surface area contributed by atoms with Crippen LogP contribution in [-0.2, 0) is 10.8 Å². The molecule has 0 bridgehead atoms. The summed E-state index contributed by atoms with van der Waals surface area (Å²) in [6.45, 7) is 6.46. The van der Waals surface area contributed by atoms with Gasteiger partial charge in [0.2, 0.25) is 0 Å². The standard InChI is InChI=1S/C10H23NOS/c1-5-6-7-13(12)8-10(11-4)9(2)3/h9-11H,5-8H2,1-4H3. The first-order valence-electron chi connectivity index (χ1n) is 5.14. The molecule has 0 fully saturated rings. The smallest absolute Gasteiger partial charge is 0.0391 e. The molecule has 0 spiro atoms. The monoisotopic (exact) mass is 205 g/mol. The van der Waals surface area contributed by atoms with E-state index in [9.17, 15) is 4.21 Å². The first kappa shape index (κ1) is 13.1. The first-order valence-corrected chi connectivity index (χ1v) is 6.62. The highest BCUT2D eigenvalue weighted by molar-refractivity contribution is 7.85. The lowest BCUT2D eigenvalue weighted by molar-refractivity contribution is 0.461. The molecule has 0 aliphatic carbocycles. The van der Waals surface area contributed by atoms with Crippen molar-refractivity contribution in [2.75, 3.05) is 18.6 Å². The molecule has 0 saturated heterocycles. The second kappa shape index (κ2) is 7.51. The molecule has 0 aliphatic rings. The van der Waals surface area contributed by atoms with Crippen molar-refractivity contribution in [1.82, 2.24) is 5.32 Å². The summed E-state index contributed by atoms with van der Waals surface area (Å²) >= 11 is 0. The fraction of sp³-hybridized carbons (Fsp3) is 1.00. The van der Waals surface area contributed by atoms with Crippen molar-refractivity contribution in [2.45, 2.75) is 39.7 Å². The van der Waals surface area contributed by atoms with E-state index in [0.717, 1.165) is 24.3 Å². The van der Waals surface area contributed by atoms with Gasteiger partial charge in [-0.3, -0.25) is 4.21 Å². The van der Waals surface area contributed by atoms with E-state index in [4.69, 9.17) is 0 Å². The minimum atomic E-state index is -0.633. The number of nitrogens with one attached hydrogen (secondary N) is 1. The average Bonchev–Trinajstić information content (AvgIpc) is 2.10. The third-order valence-corrected chi connectivity index (χ3v) is 3.74. The Balaban J connectivity index is 3.73. The number of rotatable bonds is 7. The van der Waals surface area contributed by atoms with Crippen molar-refractivity contribution in [2.24, 2.45) is 5.92 Å². The van der Waals surface area contributed by atoms with Gasteiger partial charge in [0.15, 0.2) is 0 Å². The van der Waals surface area contributed by atoms with Crippen LogP contribution in [0.5, 0.6) is 0 Å². The fourth-order valence-corrected chi connectivity index (χ4v) is 2.93. The molecule has 0 saturated carbocycles. The summed E-state index contributed by atoms with van der Waals surface area (Å²) in [6.07, 6.45) is 2.22. The zero-order valence-electron chi connectivity index (χ0n) is 9.30. The van der Waals surface area contributed by atoms with Gasteiger partial charge in [0.1, 0.15) is 0 Å². The van der Waals surface area contributed by atoms with Gasteiger partial charge < -0.3 is 5.32 Å². The molecular weight excluding hydrogens is 182 g/mol. The Morgan fingerprint density at radius 3 is 2.38 bits per heavy atom. The van der Waals surface area contributed by atoms with Gasteiger partial charge in [-0.2, -0.15) is 0 Å². The normalized spacial score (nSPS) is 16.1. The Morgan fingerprint density at radius 2 is 2.00 bits per heavy atom. The van der Waals surface area contributed by atoms with Crippen molar-refractivity contribution in [1.29, 1.82) is 0 Å². The Hall–Kier alpha value is 0.110. The van der Waals surface area contributed by atoms with Crippen LogP contribution in [0.25, 0.3) is 0 Å². The van der Waals surface area contributed by atoms with Crippen LogP contribution in [0.2, 0.25) is 0 Å². The Kier molecular flexibility index (Phi) is 7.57. The lowest BCUT2D eigenvalue weighted by Gasteiger charge is -2.19. The molecule has 0 radical (unpaired) electrons. The summed E-state index contributed by atoms with van der Waals surface area (Å²) in [5, 5.41) is 3.22. The van der Waals surface area contributed by atoms with E-state index in [0.29, 0.717) is 12.0 Å². The van der Waals surface area contributed by atoms with Crippen LogP contribution in [-0.4, -0.2) is 28.8 Å². The van der Waals surface area contributed by atoms with Crippen molar-refractivity contribution in [3.63, 3.8) is 0 Å². The molecule has 0 rings (SSSR count). The van der Waals surface area contributed by atoms with E-state index >= 15 is 0 Å². The highest BCUT2D eigenvalue weighted by Crippen LogP contribution is 2.04. The average molecular weight is 205 g/mol. The van der Waals surface area contributed by atoms with Crippen LogP contribution in [0.1, 0.15) is 33.6 Å². The van der Waals surface area contributed by atoms with E-state index < -0.39 is 10.8 Å². The SMILES string of the molecule is CCCCS(=O)CC(NC)C(C)C. The highest BCUT2D eigenvalue weighted by atomic mass is 32.2. The Labute approximate surface area is 84.9 Å². The Bertz CT molecular complexity index is 148. The van der Waals surface area contributed by atoms with Gasteiger partial charge in [-0.1, -0.05) is 27.2 Å². The van der Waals surface area contributed by atoms with Gasteiger partial charge in [0, 0.05) is 28.3 Å². The zero-order valence-corrected chi connectivity index (χ0v) is 10.1. The summed E-state index contributed by atoms with van der Waals surface area (Å²) in [4.78, 5) is 0. The van der Waals surface area contributed by atoms with Crippen LogP contribution in [0.3, 0.4) is 0 Å². The topological polar surface area (TPSA) is 29.1 Å². The number of unbranched alkanes of at least 4 members (excludes halogenated alkanes) is 1. The lowest BCUT2D eigenvalue weighted by Crippen LogP contribution is -2.36. The van der Waals surface area contributed by atoms with Crippen LogP contribution in [0.4, 0.5) is 0 Å². The quantitative estimate of drug-likeness (QED) is 0.686. The maximum absolute atomic E-state index is 11.5. The van der Waals surface area contributed by atoms with Gasteiger partial charge in [0.05, 0.1) is 0 Å². The molecule has 13 heavy (non-hydrogen) atoms. The van der Waals surface area contributed by atoms with E-state index in [1.165, 1.54) is 0 Å². The predicted molar refractivity (Wildman–Crippen MR) is 60.5 cm³/mol. The summed E-state index contributed by atoms with van der Waals surface area (Å²) in [6, 6.07) is 0.401.